The number of piperidine rings is 1. The van der Waals surface area contributed by atoms with Gasteiger partial charge in [-0.25, -0.2) is 8.42 Å². The number of hydrogen-bond acceptors (Lipinski definition) is 4. The van der Waals surface area contributed by atoms with E-state index in [0.717, 1.165) is 30.4 Å². The molecule has 5 nitrogen and oxygen atoms in total. The second-order valence-electron chi connectivity index (χ2n) is 10.0. The Balaban J connectivity index is 1.71. The first-order chi connectivity index (χ1) is 14.9. The second kappa shape index (κ2) is 7.91. The van der Waals surface area contributed by atoms with Crippen LogP contribution in [0.5, 0.6) is 0 Å². The SMILES string of the molecule is [2H][C@@]1(CON2C(C)(C)CCCC2(C)C)Cc2ccccc2N1S(=O)(=O)c1ccc(C)cc1. The summed E-state index contributed by atoms with van der Waals surface area (Å²) < 4.78 is 38.1. The molecule has 1 fully saturated rings. The van der Waals surface area contributed by atoms with Crippen LogP contribution in [0.1, 0.15) is 59.5 Å². The molecule has 0 amide bonds. The second-order valence-corrected chi connectivity index (χ2v) is 11.8. The minimum Gasteiger partial charge on any atom is -0.296 e. The van der Waals surface area contributed by atoms with Gasteiger partial charge in [0.1, 0.15) is 0 Å². The minimum absolute atomic E-state index is 0.0420. The van der Waals surface area contributed by atoms with E-state index in [1.807, 2.05) is 30.2 Å². The molecular weight excluding hydrogens is 408 g/mol. The quantitative estimate of drug-likeness (QED) is 0.646. The van der Waals surface area contributed by atoms with Crippen LogP contribution in [-0.2, 0) is 21.3 Å². The zero-order chi connectivity index (χ0) is 23.4. The summed E-state index contributed by atoms with van der Waals surface area (Å²) in [6.45, 7) is 10.5. The lowest BCUT2D eigenvalue weighted by atomic mass is 9.82. The van der Waals surface area contributed by atoms with Crippen LogP contribution in [-0.4, -0.2) is 37.2 Å². The molecule has 6 heteroatoms. The Morgan fingerprint density at radius 3 is 2.29 bits per heavy atom. The predicted molar refractivity (Wildman–Crippen MR) is 125 cm³/mol. The van der Waals surface area contributed by atoms with E-state index in [0.29, 0.717) is 5.69 Å². The van der Waals surface area contributed by atoms with Gasteiger partial charge in [0.2, 0.25) is 0 Å². The average molecular weight is 444 g/mol. The number of rotatable bonds is 5. The van der Waals surface area contributed by atoms with Crippen LogP contribution in [0.4, 0.5) is 5.69 Å². The van der Waals surface area contributed by atoms with E-state index >= 15 is 0 Å². The number of para-hydroxylation sites is 1. The van der Waals surface area contributed by atoms with Gasteiger partial charge < -0.3 is 0 Å². The summed E-state index contributed by atoms with van der Waals surface area (Å²) in [5.41, 5.74) is 2.01. The Morgan fingerprint density at radius 1 is 1.03 bits per heavy atom. The van der Waals surface area contributed by atoms with E-state index in [2.05, 4.69) is 27.7 Å². The smallest absolute Gasteiger partial charge is 0.264 e. The van der Waals surface area contributed by atoms with Gasteiger partial charge in [0.25, 0.3) is 10.0 Å². The highest BCUT2D eigenvalue weighted by Gasteiger charge is 2.44. The molecule has 0 aromatic heterocycles. The number of sulfonamides is 1. The van der Waals surface area contributed by atoms with Crippen molar-refractivity contribution in [2.45, 2.75) is 82.3 Å². The number of hydroxylamine groups is 2. The predicted octanol–water partition coefficient (Wildman–Crippen LogP) is 5.09. The van der Waals surface area contributed by atoms with Crippen LogP contribution in [0, 0.1) is 6.92 Å². The molecule has 2 aliphatic rings. The third kappa shape index (κ3) is 4.13. The summed E-state index contributed by atoms with van der Waals surface area (Å²) in [7, 11) is -3.94. The van der Waals surface area contributed by atoms with Gasteiger partial charge in [-0.05, 0) is 84.1 Å². The fourth-order valence-electron chi connectivity index (χ4n) is 5.01. The van der Waals surface area contributed by atoms with Crippen LogP contribution in [0.15, 0.2) is 53.4 Å². The van der Waals surface area contributed by atoms with Crippen molar-refractivity contribution in [2.24, 2.45) is 0 Å². The molecule has 0 unspecified atom stereocenters. The van der Waals surface area contributed by atoms with E-state index in [1.54, 1.807) is 30.3 Å². The average Bonchev–Trinajstić information content (AvgIpc) is 2.99. The van der Waals surface area contributed by atoms with Gasteiger partial charge in [-0.15, -0.1) is 0 Å². The normalized spacial score (nSPS) is 25.8. The van der Waals surface area contributed by atoms with E-state index in [4.69, 9.17) is 4.84 Å². The summed E-state index contributed by atoms with van der Waals surface area (Å²) in [4.78, 5) is 6.54. The van der Waals surface area contributed by atoms with Crippen molar-refractivity contribution in [1.29, 1.82) is 0 Å². The number of anilines is 1. The minimum atomic E-state index is -3.94. The molecule has 1 saturated heterocycles. The molecule has 31 heavy (non-hydrogen) atoms. The van der Waals surface area contributed by atoms with Crippen LogP contribution >= 0.6 is 0 Å². The number of hydrogen-bond donors (Lipinski definition) is 0. The molecular formula is C25H34N2O3S. The largest absolute Gasteiger partial charge is 0.296 e. The highest BCUT2D eigenvalue weighted by atomic mass is 32.2. The first-order valence-electron chi connectivity index (χ1n) is 11.5. The van der Waals surface area contributed by atoms with Crippen molar-refractivity contribution in [3.05, 3.63) is 59.7 Å². The van der Waals surface area contributed by atoms with E-state index in [1.165, 1.54) is 4.31 Å². The molecule has 2 aromatic rings. The van der Waals surface area contributed by atoms with E-state index in [9.17, 15) is 9.79 Å². The zero-order valence-corrected chi connectivity index (χ0v) is 20.0. The molecule has 0 bridgehead atoms. The maximum Gasteiger partial charge on any atom is 0.264 e. The summed E-state index contributed by atoms with van der Waals surface area (Å²) >= 11 is 0. The Labute approximate surface area is 188 Å². The lowest BCUT2D eigenvalue weighted by Gasteiger charge is -2.51. The van der Waals surface area contributed by atoms with Crippen molar-refractivity contribution < 1.29 is 14.6 Å². The van der Waals surface area contributed by atoms with Gasteiger partial charge in [0, 0.05) is 11.1 Å². The summed E-state index contributed by atoms with van der Waals surface area (Å²) in [6.07, 6.45) is 3.38. The van der Waals surface area contributed by atoms with Gasteiger partial charge >= 0.3 is 0 Å². The number of nitrogens with zero attached hydrogens (tertiary/aromatic N) is 2. The molecule has 0 radical (unpaired) electrons. The fraction of sp³-hybridized carbons (Fsp3) is 0.520. The highest BCUT2D eigenvalue weighted by Crippen LogP contribution is 2.40. The van der Waals surface area contributed by atoms with Crippen molar-refractivity contribution in [1.82, 2.24) is 5.06 Å². The van der Waals surface area contributed by atoms with Crippen LogP contribution < -0.4 is 4.31 Å². The lowest BCUT2D eigenvalue weighted by Crippen LogP contribution is -2.59. The molecule has 4 rings (SSSR count). The molecule has 1 atom stereocenters. The molecule has 2 aliphatic heterocycles. The van der Waals surface area contributed by atoms with Gasteiger partial charge in [0.05, 0.1) is 24.6 Å². The Kier molecular flexibility index (Phi) is 5.35. The Bertz CT molecular complexity index is 1080. The van der Waals surface area contributed by atoms with Crippen molar-refractivity contribution in [2.75, 3.05) is 10.9 Å². The zero-order valence-electron chi connectivity index (χ0n) is 20.2. The van der Waals surface area contributed by atoms with Crippen molar-refractivity contribution in [3.63, 3.8) is 0 Å². The van der Waals surface area contributed by atoms with Gasteiger partial charge in [-0.1, -0.05) is 35.9 Å². The topological polar surface area (TPSA) is 49.9 Å². The van der Waals surface area contributed by atoms with E-state index in [-0.39, 0.29) is 29.0 Å². The molecule has 0 saturated carbocycles. The molecule has 0 aliphatic carbocycles. The molecule has 2 aromatic carbocycles. The number of aryl methyl sites for hydroxylation is 1. The highest BCUT2D eigenvalue weighted by molar-refractivity contribution is 7.92. The van der Waals surface area contributed by atoms with Crippen molar-refractivity contribution in [3.8, 4) is 0 Å². The molecule has 168 valence electrons. The fourth-order valence-corrected chi connectivity index (χ4v) is 6.59. The number of fused-ring (bicyclic) bond motifs is 1. The summed E-state index contributed by atoms with van der Waals surface area (Å²) in [5, 5.41) is 2.00. The number of benzene rings is 2. The van der Waals surface area contributed by atoms with Gasteiger partial charge in [0.15, 0.2) is 0 Å². The standard InChI is InChI=1S/C25H34N2O3S/c1-19-11-13-22(14-12-19)31(28,29)26-21(17-20-9-6-7-10-23(20)26)18-30-27-24(2,3)15-8-16-25(27,4)5/h6-7,9-14,21H,8,15-18H2,1-5H3/t21-/m0/s1/i21D. The lowest BCUT2D eigenvalue weighted by molar-refractivity contribution is -0.282. The molecule has 0 spiro atoms. The maximum atomic E-state index is 13.8. The first-order valence-corrected chi connectivity index (χ1v) is 12.4. The Hall–Kier alpha value is -1.89. The molecule has 0 N–H and O–H groups in total. The summed E-state index contributed by atoms with van der Waals surface area (Å²) in [5.74, 6) is 0. The van der Waals surface area contributed by atoms with Crippen LogP contribution in [0.3, 0.4) is 0 Å². The van der Waals surface area contributed by atoms with Crippen molar-refractivity contribution >= 4 is 15.7 Å². The monoisotopic (exact) mass is 443 g/mol. The Morgan fingerprint density at radius 2 is 1.65 bits per heavy atom. The van der Waals surface area contributed by atoms with Crippen LogP contribution in [0.25, 0.3) is 0 Å². The summed E-state index contributed by atoms with van der Waals surface area (Å²) in [6, 6.07) is 12.7. The molecule has 2 heterocycles. The third-order valence-corrected chi connectivity index (χ3v) is 8.29. The maximum absolute atomic E-state index is 13.8. The van der Waals surface area contributed by atoms with Gasteiger partial charge in [-0.2, -0.15) is 5.06 Å². The van der Waals surface area contributed by atoms with Crippen LogP contribution in [0.2, 0.25) is 0 Å². The van der Waals surface area contributed by atoms with E-state index < -0.39 is 16.0 Å². The van der Waals surface area contributed by atoms with Gasteiger partial charge in [-0.3, -0.25) is 9.14 Å². The third-order valence-electron chi connectivity index (χ3n) is 6.49. The first kappa shape index (κ1) is 21.0.